The Bertz CT molecular complexity index is 558. The van der Waals surface area contributed by atoms with E-state index in [0.717, 1.165) is 12.6 Å². The molecule has 0 amide bonds. The van der Waals surface area contributed by atoms with Crippen molar-refractivity contribution in [2.24, 2.45) is 0 Å². The van der Waals surface area contributed by atoms with E-state index in [2.05, 4.69) is 24.8 Å². The fraction of sp³-hybridized carbons (Fsp3) is 0.562. The van der Waals surface area contributed by atoms with Crippen LogP contribution in [-0.2, 0) is 11.0 Å². The van der Waals surface area contributed by atoms with Gasteiger partial charge in [0, 0.05) is 12.6 Å². The predicted octanol–water partition coefficient (Wildman–Crippen LogP) is 4.25. The Balaban J connectivity index is 0.000000758. The summed E-state index contributed by atoms with van der Waals surface area (Å²) in [5, 5.41) is 7.12. The topological polar surface area (TPSA) is 49.8 Å². The first-order valence-electron chi connectivity index (χ1n) is 7.47. The van der Waals surface area contributed by atoms with E-state index in [1.165, 1.54) is 12.1 Å². The van der Waals surface area contributed by atoms with E-state index in [-0.39, 0.29) is 12.4 Å². The van der Waals surface area contributed by atoms with Gasteiger partial charge in [-0.25, -0.2) is 4.79 Å². The number of ether oxygens (including phenoxy) is 1. The number of alkyl halides is 6. The van der Waals surface area contributed by atoms with Gasteiger partial charge in [0.25, 0.3) is 0 Å². The third kappa shape index (κ3) is 9.50. The first-order chi connectivity index (χ1) is 11.8. The highest BCUT2D eigenvalue weighted by molar-refractivity contribution is 5.73. The lowest BCUT2D eigenvalue weighted by atomic mass is 10.2. The van der Waals surface area contributed by atoms with Crippen molar-refractivity contribution in [2.45, 2.75) is 38.7 Å². The van der Waals surface area contributed by atoms with Crippen LogP contribution in [-0.4, -0.2) is 48.4 Å². The summed E-state index contributed by atoms with van der Waals surface area (Å²) in [6, 6.07) is 6.47. The average molecular weight is 388 g/mol. The number of benzene rings is 1. The van der Waals surface area contributed by atoms with Crippen LogP contribution >= 0.6 is 0 Å². The van der Waals surface area contributed by atoms with E-state index >= 15 is 0 Å². The Morgan fingerprint density at radius 1 is 1.27 bits per heavy atom. The van der Waals surface area contributed by atoms with Crippen LogP contribution in [0.5, 0.6) is 5.75 Å². The predicted molar refractivity (Wildman–Crippen MR) is 81.8 cm³/mol. The highest BCUT2D eigenvalue weighted by Gasteiger charge is 2.38. The molecule has 0 unspecified atom stereocenters. The van der Waals surface area contributed by atoms with E-state index in [0.29, 0.717) is 12.5 Å². The zero-order valence-corrected chi connectivity index (χ0v) is 14.4. The van der Waals surface area contributed by atoms with Gasteiger partial charge in [-0.3, -0.25) is 0 Å². The van der Waals surface area contributed by atoms with Crippen LogP contribution in [0.2, 0.25) is 0 Å². The molecule has 0 saturated heterocycles. The minimum absolute atomic E-state index is 0.151. The second-order valence-electron chi connectivity index (χ2n) is 5.50. The molecule has 0 heterocycles. The third-order valence-corrected chi connectivity index (χ3v) is 3.17. The van der Waals surface area contributed by atoms with Crippen molar-refractivity contribution in [3.05, 3.63) is 29.8 Å². The van der Waals surface area contributed by atoms with Gasteiger partial charge in [-0.1, -0.05) is 6.07 Å². The van der Waals surface area contributed by atoms with Crippen molar-refractivity contribution >= 4 is 5.97 Å². The molecule has 0 aliphatic heterocycles. The second-order valence-corrected chi connectivity index (χ2v) is 5.50. The molecule has 10 heteroatoms. The number of nitrogens with zero attached hydrogens (tertiary/aromatic N) is 1. The van der Waals surface area contributed by atoms with Gasteiger partial charge >= 0.3 is 18.3 Å². The van der Waals surface area contributed by atoms with Crippen molar-refractivity contribution in [1.29, 1.82) is 0 Å². The van der Waals surface area contributed by atoms with Gasteiger partial charge < -0.3 is 14.7 Å². The molecule has 1 radical (unpaired) electrons. The molecule has 0 aromatic heterocycles. The van der Waals surface area contributed by atoms with Crippen LogP contribution in [0.15, 0.2) is 18.2 Å². The van der Waals surface area contributed by atoms with Gasteiger partial charge in [0.2, 0.25) is 0 Å². The number of carbonyl (C=O) groups is 1. The molecular formula is C16H20F6NO3. The molecule has 149 valence electrons. The Hall–Kier alpha value is -1.97. The second kappa shape index (κ2) is 10.2. The van der Waals surface area contributed by atoms with E-state index in [4.69, 9.17) is 14.6 Å². The Labute approximate surface area is 147 Å². The Kier molecular flexibility index (Phi) is 9.47. The quantitative estimate of drug-likeness (QED) is 0.585. The van der Waals surface area contributed by atoms with E-state index < -0.39 is 23.9 Å². The summed E-state index contributed by atoms with van der Waals surface area (Å²) in [5.74, 6) is -2.91. The summed E-state index contributed by atoms with van der Waals surface area (Å²) in [6.07, 6.45) is -8.79. The zero-order valence-electron chi connectivity index (χ0n) is 14.4. The summed E-state index contributed by atoms with van der Waals surface area (Å²) in [7, 11) is 1.97. The van der Waals surface area contributed by atoms with Gasteiger partial charge in [0.1, 0.15) is 5.75 Å². The molecule has 0 spiro atoms. The molecule has 1 N–H and O–H groups in total. The average Bonchev–Trinajstić information content (AvgIpc) is 2.50. The van der Waals surface area contributed by atoms with Crippen molar-refractivity contribution in [1.82, 2.24) is 4.90 Å². The summed E-state index contributed by atoms with van der Waals surface area (Å²) >= 11 is 0. The number of hydrogen-bond donors (Lipinski definition) is 1. The molecule has 1 rings (SSSR count). The molecule has 4 nitrogen and oxygen atoms in total. The number of carboxylic acids is 1. The van der Waals surface area contributed by atoms with E-state index in [1.54, 1.807) is 0 Å². The highest BCUT2D eigenvalue weighted by Crippen LogP contribution is 2.35. The SMILES string of the molecule is CC(C)N(C)CCCOc1c[c]ccc1C(F)(F)F.O=C(O)C(F)(F)F. The zero-order chi connectivity index (χ0) is 20.5. The molecule has 26 heavy (non-hydrogen) atoms. The molecule has 0 saturated carbocycles. The number of carboxylic acid groups (broad SMARTS) is 1. The number of aliphatic carboxylic acids is 1. The standard InChI is InChI=1S/C14H19F3NO.C2HF3O2/c1-11(2)18(3)9-6-10-19-13-8-5-4-7-12(13)14(15,16)17;3-2(4,5)1(6)7/h4,7-8,11H,6,9-10H2,1-3H3;(H,6,7). The van der Waals surface area contributed by atoms with Gasteiger partial charge in [0.15, 0.2) is 0 Å². The molecule has 1 aromatic carbocycles. The minimum atomic E-state index is -5.08. The maximum atomic E-state index is 12.7. The summed E-state index contributed by atoms with van der Waals surface area (Å²) in [4.78, 5) is 11.0. The monoisotopic (exact) mass is 388 g/mol. The molecule has 0 bridgehead atoms. The first-order valence-corrected chi connectivity index (χ1v) is 7.47. The van der Waals surface area contributed by atoms with Crippen LogP contribution in [0, 0.1) is 6.07 Å². The lowest BCUT2D eigenvalue weighted by Gasteiger charge is -2.21. The first kappa shape index (κ1) is 24.0. The van der Waals surface area contributed by atoms with Crippen LogP contribution in [0.4, 0.5) is 26.3 Å². The largest absolute Gasteiger partial charge is 0.493 e. The summed E-state index contributed by atoms with van der Waals surface area (Å²) in [6.45, 7) is 5.18. The molecule has 0 fully saturated rings. The van der Waals surface area contributed by atoms with Gasteiger partial charge in [0.05, 0.1) is 12.2 Å². The summed E-state index contributed by atoms with van der Waals surface area (Å²) < 4.78 is 75.0. The molecule has 1 aromatic rings. The smallest absolute Gasteiger partial charge is 0.490 e. The maximum absolute atomic E-state index is 12.7. The maximum Gasteiger partial charge on any atom is 0.490 e. The van der Waals surface area contributed by atoms with Crippen molar-refractivity contribution in [2.75, 3.05) is 20.2 Å². The lowest BCUT2D eigenvalue weighted by molar-refractivity contribution is -0.192. The molecule has 0 aliphatic rings. The van der Waals surface area contributed by atoms with Crippen molar-refractivity contribution in [3.63, 3.8) is 0 Å². The number of rotatable bonds is 6. The molecule has 0 atom stereocenters. The summed E-state index contributed by atoms with van der Waals surface area (Å²) in [5.41, 5.74) is -0.747. The number of hydrogen-bond acceptors (Lipinski definition) is 3. The third-order valence-electron chi connectivity index (χ3n) is 3.17. The van der Waals surface area contributed by atoms with Gasteiger partial charge in [-0.15, -0.1) is 0 Å². The van der Waals surface area contributed by atoms with Crippen molar-refractivity contribution in [3.8, 4) is 5.75 Å². The van der Waals surface area contributed by atoms with Gasteiger partial charge in [-0.05, 0) is 45.5 Å². The Morgan fingerprint density at radius 2 is 1.81 bits per heavy atom. The lowest BCUT2D eigenvalue weighted by Crippen LogP contribution is -2.28. The van der Waals surface area contributed by atoms with Crippen LogP contribution in [0.25, 0.3) is 0 Å². The Morgan fingerprint density at radius 3 is 2.23 bits per heavy atom. The fourth-order valence-electron chi connectivity index (χ4n) is 1.52. The minimum Gasteiger partial charge on any atom is -0.493 e. The van der Waals surface area contributed by atoms with Crippen LogP contribution in [0.3, 0.4) is 0 Å². The highest BCUT2D eigenvalue weighted by atomic mass is 19.4. The molecular weight excluding hydrogens is 368 g/mol. The van der Waals surface area contributed by atoms with E-state index in [9.17, 15) is 26.3 Å². The van der Waals surface area contributed by atoms with Crippen LogP contribution in [0.1, 0.15) is 25.8 Å². The van der Waals surface area contributed by atoms with E-state index in [1.807, 2.05) is 7.05 Å². The van der Waals surface area contributed by atoms with Gasteiger partial charge in [-0.2, -0.15) is 26.3 Å². The fourth-order valence-corrected chi connectivity index (χ4v) is 1.52. The number of halogens is 6. The van der Waals surface area contributed by atoms with Crippen molar-refractivity contribution < 1.29 is 41.0 Å². The van der Waals surface area contributed by atoms with Crippen LogP contribution < -0.4 is 4.74 Å². The normalized spacial score (nSPS) is 12.0. The molecule has 0 aliphatic carbocycles.